The number of nitrogens with one attached hydrogen (secondary N) is 1. The summed E-state index contributed by atoms with van der Waals surface area (Å²) in [5.74, 6) is -8.27. The predicted molar refractivity (Wildman–Crippen MR) is 285 cm³/mol. The fraction of sp³-hybridized carbons (Fsp3) is 0.509. The van der Waals surface area contributed by atoms with Crippen LogP contribution < -0.4 is 5.32 Å². The van der Waals surface area contributed by atoms with Crippen molar-refractivity contribution in [1.82, 2.24) is 5.32 Å². The molecule has 5 N–H and O–H groups in total. The number of carboxylic acids is 1. The van der Waals surface area contributed by atoms with E-state index < -0.39 is 137 Å². The van der Waals surface area contributed by atoms with Crippen molar-refractivity contribution in [3.05, 3.63) is 119 Å². The van der Waals surface area contributed by atoms with Gasteiger partial charge in [0.05, 0.1) is 42.6 Å². The monoisotopic (exact) mass is 1130 g/mol. The summed E-state index contributed by atoms with van der Waals surface area (Å²) in [5.41, 5.74) is -6.50. The zero-order valence-electron chi connectivity index (χ0n) is 44.7. The second-order valence-corrected chi connectivity index (χ2v) is 23.6. The predicted octanol–water partition coefficient (Wildman–Crippen LogP) is 6.20. The number of hydrogen-bond acceptors (Lipinski definition) is 21. The number of hydrogen-bond donors (Lipinski definition) is 5. The van der Waals surface area contributed by atoms with Gasteiger partial charge in [0, 0.05) is 67.4 Å². The summed E-state index contributed by atoms with van der Waals surface area (Å²) < 4.78 is 41.0. The van der Waals surface area contributed by atoms with Crippen molar-refractivity contribution in [2.75, 3.05) is 31.3 Å². The highest BCUT2D eigenvalue weighted by molar-refractivity contribution is 8.76. The van der Waals surface area contributed by atoms with Crippen molar-refractivity contribution in [3.8, 4) is 0 Å². The molecule has 0 spiro atoms. The Morgan fingerprint density at radius 2 is 1.41 bits per heavy atom. The van der Waals surface area contributed by atoms with E-state index in [9.17, 15) is 44.1 Å². The summed E-state index contributed by atoms with van der Waals surface area (Å²) in [6.45, 7) is 7.97. The van der Waals surface area contributed by atoms with E-state index in [0.717, 1.165) is 6.92 Å². The van der Waals surface area contributed by atoms with Gasteiger partial charge in [0.2, 0.25) is 6.10 Å². The number of carbonyl (C=O) groups is 8. The average molecular weight is 1130 g/mol. The highest BCUT2D eigenvalue weighted by Crippen LogP contribution is 2.66. The van der Waals surface area contributed by atoms with E-state index in [2.05, 4.69) is 5.32 Å². The van der Waals surface area contributed by atoms with Crippen LogP contribution in [0.3, 0.4) is 0 Å². The van der Waals surface area contributed by atoms with Crippen molar-refractivity contribution in [2.24, 2.45) is 22.7 Å². The van der Waals surface area contributed by atoms with Crippen molar-refractivity contribution < 1.29 is 91.9 Å². The third-order valence-electron chi connectivity index (χ3n) is 15.8. The van der Waals surface area contributed by atoms with Gasteiger partial charge in [0.25, 0.3) is 0 Å². The van der Waals surface area contributed by atoms with Gasteiger partial charge in [0.15, 0.2) is 23.3 Å². The number of esters is 4. The normalized spacial score (nSPS) is 27.8. The first kappa shape index (κ1) is 60.5. The number of carboxylic acid groups (broad SMARTS) is 1. The topological polar surface area (TPSA) is 294 Å². The molecule has 7 rings (SSSR count). The molecule has 426 valence electrons. The van der Waals surface area contributed by atoms with Crippen LogP contribution in [0.25, 0.3) is 0 Å². The summed E-state index contributed by atoms with van der Waals surface area (Å²) in [5, 5.41) is 49.9. The van der Waals surface area contributed by atoms with Crippen molar-refractivity contribution >= 4 is 69.2 Å². The van der Waals surface area contributed by atoms with Gasteiger partial charge in [-0.25, -0.2) is 9.59 Å². The average Bonchev–Trinajstić information content (AvgIpc) is 3.29. The first-order chi connectivity index (χ1) is 37.5. The van der Waals surface area contributed by atoms with Gasteiger partial charge in [0.1, 0.15) is 31.6 Å². The molecular weight excluding hydrogens is 1070 g/mol. The van der Waals surface area contributed by atoms with Crippen molar-refractivity contribution in [3.63, 3.8) is 0 Å². The third kappa shape index (κ3) is 12.9. The molecule has 2 saturated carbocycles. The standard InChI is InChI=1S/C57H67NO19S2/c1-32-40(75-52(68)48(46(36-18-12-8-13-19-36)58-51(67)37-20-14-9-15-21-37)76-53(69)72-25-27-79-78-26-24-71-44(65)23-22-43(63)64)30-57(70)38(28-39(61)35-16-10-7-11-17-35)49-55(6,41(62)29-42-56(49,31-73-42)77-34(3)60)50(66)47(74-33(2)59)45(32)54(57,4)5/h7-21,38,40-42,46-49,51,58,62,67,70H,22-31H2,1-6H3,(H,63,64)/t38?,40-,41-,42+,46-,47?,48+,49?,51?,55+,56-,57+/m0/s1. The van der Waals surface area contributed by atoms with E-state index in [0.29, 0.717) is 16.9 Å². The van der Waals surface area contributed by atoms with Crippen LogP contribution in [0, 0.1) is 22.7 Å². The zero-order chi connectivity index (χ0) is 57.5. The maximum Gasteiger partial charge on any atom is 0.509 e. The molecule has 20 nitrogen and oxygen atoms in total. The minimum Gasteiger partial charge on any atom is -0.481 e. The van der Waals surface area contributed by atoms with Gasteiger partial charge in [-0.15, -0.1) is 0 Å². The molecule has 12 atom stereocenters. The van der Waals surface area contributed by atoms with Crippen LogP contribution in [-0.2, 0) is 61.9 Å². The lowest BCUT2D eigenvalue weighted by molar-refractivity contribution is -0.339. The number of aliphatic carboxylic acids is 1. The van der Waals surface area contributed by atoms with Crippen LogP contribution >= 0.6 is 21.6 Å². The second-order valence-electron chi connectivity index (χ2n) is 20.9. The van der Waals surface area contributed by atoms with E-state index in [4.69, 9.17) is 38.3 Å². The minimum absolute atomic E-state index is 0.0117. The zero-order valence-corrected chi connectivity index (χ0v) is 46.3. The first-order valence-corrected chi connectivity index (χ1v) is 28.4. The Kier molecular flexibility index (Phi) is 19.6. The molecule has 22 heteroatoms. The molecule has 1 saturated heterocycles. The second kappa shape index (κ2) is 25.5. The maximum absolute atomic E-state index is 15.8. The Bertz CT molecular complexity index is 2760. The number of ether oxygens (including phenoxy) is 7. The molecule has 3 aromatic carbocycles. The highest BCUT2D eigenvalue weighted by atomic mass is 33.1. The Balaban J connectivity index is 1.29. The molecule has 4 aliphatic rings. The Morgan fingerprint density at radius 3 is 1.97 bits per heavy atom. The van der Waals surface area contributed by atoms with E-state index in [1.54, 1.807) is 105 Å². The molecule has 3 aromatic rings. The van der Waals surface area contributed by atoms with E-state index >= 15 is 9.59 Å². The number of rotatable bonds is 23. The van der Waals surface area contributed by atoms with Crippen LogP contribution in [0.5, 0.6) is 0 Å². The van der Waals surface area contributed by atoms with Gasteiger partial charge in [-0.05, 0) is 36.1 Å². The lowest BCUT2D eigenvalue weighted by Gasteiger charge is -2.68. The molecule has 2 bridgehead atoms. The van der Waals surface area contributed by atoms with Crippen LogP contribution in [0.1, 0.15) is 107 Å². The van der Waals surface area contributed by atoms with Crippen LogP contribution in [-0.4, -0.2) is 141 Å². The van der Waals surface area contributed by atoms with Gasteiger partial charge in [-0.1, -0.05) is 126 Å². The Labute approximate surface area is 465 Å². The number of aliphatic hydroxyl groups is 3. The number of benzene rings is 3. The quantitative estimate of drug-likeness (QED) is 0.0134. The SMILES string of the molecule is CC(=O)OC1C(=O)[C@@]2(C)C(C(CC(=O)c3ccccc3)[C@]3(O)C[C@H](OC(=O)[C@H](OC(=O)OCCSSCCOC(=O)CCC(=O)O)[C@@H](NC(O)c4ccccc4)c4ccccc4)C(C)=C1C3(C)C)[C@]1(OC(C)=O)CO[C@@H]1C[C@@H]2O. The molecule has 1 heterocycles. The molecule has 3 aliphatic carbocycles. The van der Waals surface area contributed by atoms with Crippen molar-refractivity contribution in [2.45, 2.75) is 128 Å². The van der Waals surface area contributed by atoms with Gasteiger partial charge in [-0.2, -0.15) is 0 Å². The summed E-state index contributed by atoms with van der Waals surface area (Å²) in [6.07, 6.45) is -12.5. The third-order valence-corrected chi connectivity index (χ3v) is 18.1. The molecule has 3 fully saturated rings. The molecule has 0 amide bonds. The van der Waals surface area contributed by atoms with E-state index in [-0.39, 0.29) is 61.5 Å². The lowest BCUT2D eigenvalue weighted by Crippen LogP contribution is -2.80. The largest absolute Gasteiger partial charge is 0.509 e. The minimum atomic E-state index is -2.28. The summed E-state index contributed by atoms with van der Waals surface area (Å²) in [4.78, 5) is 109. The van der Waals surface area contributed by atoms with Crippen LogP contribution in [0.15, 0.2) is 102 Å². The Morgan fingerprint density at radius 1 is 0.810 bits per heavy atom. The maximum atomic E-state index is 15.8. The van der Waals surface area contributed by atoms with Gasteiger partial charge >= 0.3 is 36.0 Å². The summed E-state index contributed by atoms with van der Waals surface area (Å²) >= 11 is 0. The van der Waals surface area contributed by atoms with E-state index in [1.807, 2.05) is 0 Å². The fourth-order valence-electron chi connectivity index (χ4n) is 11.9. The number of Topliss-reactive ketones (excluding diaryl/α,β-unsaturated/α-hetero) is 2. The molecule has 0 radical (unpaired) electrons. The highest BCUT2D eigenvalue weighted by Gasteiger charge is 2.77. The van der Waals surface area contributed by atoms with E-state index in [1.165, 1.54) is 42.4 Å². The van der Waals surface area contributed by atoms with Crippen LogP contribution in [0.2, 0.25) is 0 Å². The number of carbonyl (C=O) groups excluding carboxylic acids is 7. The summed E-state index contributed by atoms with van der Waals surface area (Å²) in [6, 6.07) is 23.5. The smallest absolute Gasteiger partial charge is 0.481 e. The fourth-order valence-corrected chi connectivity index (χ4v) is 13.6. The molecule has 0 aromatic heterocycles. The first-order valence-electron chi connectivity index (χ1n) is 25.9. The molecule has 1 aliphatic heterocycles. The molecular formula is C57H67NO19S2. The van der Waals surface area contributed by atoms with Gasteiger partial charge in [-0.3, -0.25) is 34.1 Å². The number of ketones is 2. The number of aliphatic hydroxyl groups excluding tert-OH is 2. The molecule has 79 heavy (non-hydrogen) atoms. The van der Waals surface area contributed by atoms with Gasteiger partial charge < -0.3 is 53.6 Å². The molecule has 4 unspecified atom stereocenters. The van der Waals surface area contributed by atoms with Crippen molar-refractivity contribution in [1.29, 1.82) is 0 Å². The lowest BCUT2D eigenvalue weighted by atomic mass is 9.42. The Hall–Kier alpha value is -6.14. The number of fused-ring (bicyclic) bond motifs is 5. The van der Waals surface area contributed by atoms with Crippen LogP contribution in [0.4, 0.5) is 4.79 Å². The summed E-state index contributed by atoms with van der Waals surface area (Å²) in [7, 11) is 2.55.